The van der Waals surface area contributed by atoms with E-state index in [1.54, 1.807) is 11.0 Å². The molecule has 1 fully saturated rings. The Morgan fingerprint density at radius 2 is 2.17 bits per heavy atom. The number of carbonyl (C=O) groups excluding carboxylic acids is 1. The topological polar surface area (TPSA) is 60.2 Å². The molecule has 0 saturated carbocycles. The Balaban J connectivity index is 1.44. The molecule has 6 heteroatoms. The van der Waals surface area contributed by atoms with E-state index in [2.05, 4.69) is 34.3 Å². The maximum atomic E-state index is 12.3. The summed E-state index contributed by atoms with van der Waals surface area (Å²) in [7, 11) is 0. The van der Waals surface area contributed by atoms with Crippen LogP contribution in [0.5, 0.6) is 0 Å². The summed E-state index contributed by atoms with van der Waals surface area (Å²) in [6.45, 7) is 2.56. The van der Waals surface area contributed by atoms with E-state index < -0.39 is 0 Å². The lowest BCUT2D eigenvalue weighted by molar-refractivity contribution is -0.139. The van der Waals surface area contributed by atoms with Crippen molar-refractivity contribution in [3.8, 4) is 0 Å². The lowest BCUT2D eigenvalue weighted by atomic mass is 10.1. The Hall–Kier alpha value is -2.21. The van der Waals surface area contributed by atoms with Crippen molar-refractivity contribution in [2.45, 2.75) is 31.9 Å². The van der Waals surface area contributed by atoms with E-state index in [1.165, 1.54) is 11.9 Å². The third-order valence-electron chi connectivity index (χ3n) is 4.11. The fraction of sp³-hybridized carbons (Fsp3) is 0.471. The molecule has 0 unspecified atom stereocenters. The molecule has 3 rings (SSSR count). The molecule has 0 bridgehead atoms. The monoisotopic (exact) mass is 314 g/mol. The van der Waals surface area contributed by atoms with Gasteiger partial charge in [0.15, 0.2) is 0 Å². The van der Waals surface area contributed by atoms with Gasteiger partial charge in [-0.3, -0.25) is 9.48 Å². The zero-order valence-corrected chi connectivity index (χ0v) is 13.2. The summed E-state index contributed by atoms with van der Waals surface area (Å²) >= 11 is 0. The summed E-state index contributed by atoms with van der Waals surface area (Å²) in [5.74, 6) is 0.161. The van der Waals surface area contributed by atoms with Crippen LogP contribution < -0.4 is 0 Å². The molecular formula is C17H22N4O2. The number of aromatic nitrogens is 3. The van der Waals surface area contributed by atoms with Crippen molar-refractivity contribution in [1.82, 2.24) is 19.7 Å². The lowest BCUT2D eigenvalue weighted by Crippen LogP contribution is -2.46. The summed E-state index contributed by atoms with van der Waals surface area (Å²) in [5.41, 5.74) is 1.31. The Kier molecular flexibility index (Phi) is 5.37. The Labute approximate surface area is 136 Å². The van der Waals surface area contributed by atoms with Gasteiger partial charge in [-0.15, -0.1) is 0 Å². The summed E-state index contributed by atoms with van der Waals surface area (Å²) in [5, 5.41) is 4.02. The van der Waals surface area contributed by atoms with E-state index in [9.17, 15) is 4.79 Å². The zero-order valence-electron chi connectivity index (χ0n) is 13.2. The molecule has 0 radical (unpaired) electrons. The summed E-state index contributed by atoms with van der Waals surface area (Å²) < 4.78 is 7.49. The quantitative estimate of drug-likeness (QED) is 0.811. The molecule has 1 saturated heterocycles. The van der Waals surface area contributed by atoms with Gasteiger partial charge in [-0.2, -0.15) is 5.10 Å². The van der Waals surface area contributed by atoms with Crippen LogP contribution in [0.3, 0.4) is 0 Å². The van der Waals surface area contributed by atoms with Gasteiger partial charge in [-0.1, -0.05) is 30.3 Å². The number of hydrogen-bond donors (Lipinski definition) is 0. The van der Waals surface area contributed by atoms with Gasteiger partial charge in [0.25, 0.3) is 0 Å². The van der Waals surface area contributed by atoms with Crippen molar-refractivity contribution in [2.24, 2.45) is 0 Å². The number of rotatable bonds is 6. The van der Waals surface area contributed by atoms with Crippen LogP contribution in [0.4, 0.5) is 0 Å². The lowest BCUT2D eigenvalue weighted by Gasteiger charge is -2.33. The maximum absolute atomic E-state index is 12.3. The minimum atomic E-state index is 0.124. The molecule has 6 nitrogen and oxygen atoms in total. The van der Waals surface area contributed by atoms with Gasteiger partial charge in [0.2, 0.25) is 5.91 Å². The van der Waals surface area contributed by atoms with Crippen molar-refractivity contribution in [2.75, 3.05) is 19.7 Å². The molecule has 122 valence electrons. The van der Waals surface area contributed by atoms with E-state index >= 15 is 0 Å². The average molecular weight is 314 g/mol. The predicted molar refractivity (Wildman–Crippen MR) is 85.7 cm³/mol. The number of amides is 1. The first kappa shape index (κ1) is 15.7. The number of carbonyl (C=O) groups is 1. The standard InChI is InChI=1S/C17H22N4O2/c22-17(8-9-21-14-18-13-19-21)20-10-11-23-16(12-20)7-6-15-4-2-1-3-5-15/h1-5,13-14,16H,6-12H2/t16-/m1/s1. The van der Waals surface area contributed by atoms with E-state index in [1.807, 2.05) is 11.0 Å². The van der Waals surface area contributed by atoms with Gasteiger partial charge in [0, 0.05) is 19.5 Å². The van der Waals surface area contributed by atoms with E-state index in [4.69, 9.17) is 4.74 Å². The molecule has 0 N–H and O–H groups in total. The van der Waals surface area contributed by atoms with Crippen LogP contribution in [0, 0.1) is 0 Å². The van der Waals surface area contributed by atoms with Crippen LogP contribution >= 0.6 is 0 Å². The highest BCUT2D eigenvalue weighted by molar-refractivity contribution is 5.76. The summed E-state index contributed by atoms with van der Waals surface area (Å²) in [6.07, 6.45) is 5.62. The molecule has 1 atom stereocenters. The van der Waals surface area contributed by atoms with Crippen LogP contribution in [0.25, 0.3) is 0 Å². The van der Waals surface area contributed by atoms with Crippen molar-refractivity contribution in [1.29, 1.82) is 0 Å². The number of hydrogen-bond acceptors (Lipinski definition) is 4. The molecule has 1 aromatic carbocycles. The zero-order chi connectivity index (χ0) is 15.9. The van der Waals surface area contributed by atoms with Gasteiger partial charge in [-0.25, -0.2) is 4.98 Å². The van der Waals surface area contributed by atoms with Crippen molar-refractivity contribution >= 4 is 5.91 Å². The second-order valence-corrected chi connectivity index (χ2v) is 5.77. The molecule has 1 aliphatic rings. The highest BCUT2D eigenvalue weighted by Gasteiger charge is 2.23. The molecule has 23 heavy (non-hydrogen) atoms. The Morgan fingerprint density at radius 1 is 1.30 bits per heavy atom. The second kappa shape index (κ2) is 7.87. The number of benzene rings is 1. The second-order valence-electron chi connectivity index (χ2n) is 5.77. The molecule has 1 aliphatic heterocycles. The van der Waals surface area contributed by atoms with Gasteiger partial charge < -0.3 is 9.64 Å². The first-order valence-corrected chi connectivity index (χ1v) is 8.07. The fourth-order valence-corrected chi connectivity index (χ4v) is 2.81. The van der Waals surface area contributed by atoms with E-state index in [-0.39, 0.29) is 12.0 Å². The normalized spacial score (nSPS) is 18.1. The predicted octanol–water partition coefficient (Wildman–Crippen LogP) is 1.53. The van der Waals surface area contributed by atoms with Crippen molar-refractivity contribution < 1.29 is 9.53 Å². The number of aryl methyl sites for hydroxylation is 2. The Morgan fingerprint density at radius 3 is 2.96 bits per heavy atom. The van der Waals surface area contributed by atoms with Crippen LogP contribution in [-0.2, 0) is 22.5 Å². The van der Waals surface area contributed by atoms with Gasteiger partial charge in [0.05, 0.1) is 19.3 Å². The van der Waals surface area contributed by atoms with E-state index in [0.29, 0.717) is 32.7 Å². The minimum absolute atomic E-state index is 0.124. The molecule has 0 aliphatic carbocycles. The molecule has 2 heterocycles. The fourth-order valence-electron chi connectivity index (χ4n) is 2.81. The van der Waals surface area contributed by atoms with Crippen LogP contribution in [0.2, 0.25) is 0 Å². The number of ether oxygens (including phenoxy) is 1. The van der Waals surface area contributed by atoms with Crippen molar-refractivity contribution in [3.63, 3.8) is 0 Å². The largest absolute Gasteiger partial charge is 0.375 e. The molecule has 0 spiro atoms. The van der Waals surface area contributed by atoms with Crippen LogP contribution in [0.15, 0.2) is 43.0 Å². The highest BCUT2D eigenvalue weighted by atomic mass is 16.5. The first-order valence-electron chi connectivity index (χ1n) is 8.07. The third kappa shape index (κ3) is 4.63. The maximum Gasteiger partial charge on any atom is 0.224 e. The third-order valence-corrected chi connectivity index (χ3v) is 4.11. The van der Waals surface area contributed by atoms with Gasteiger partial charge >= 0.3 is 0 Å². The molecule has 1 amide bonds. The number of nitrogens with zero attached hydrogens (tertiary/aromatic N) is 4. The van der Waals surface area contributed by atoms with Crippen LogP contribution in [-0.4, -0.2) is 51.4 Å². The first-order chi connectivity index (χ1) is 11.3. The molecule has 2 aromatic rings. The van der Waals surface area contributed by atoms with Gasteiger partial charge in [0.1, 0.15) is 12.7 Å². The van der Waals surface area contributed by atoms with Crippen LogP contribution in [0.1, 0.15) is 18.4 Å². The SMILES string of the molecule is O=C(CCn1cncn1)N1CCO[C@H](CCc2ccccc2)C1. The number of morpholine rings is 1. The van der Waals surface area contributed by atoms with Gasteiger partial charge in [-0.05, 0) is 18.4 Å². The minimum Gasteiger partial charge on any atom is -0.375 e. The molecular weight excluding hydrogens is 292 g/mol. The molecule has 1 aromatic heterocycles. The Bertz CT molecular complexity index is 600. The van der Waals surface area contributed by atoms with Crippen molar-refractivity contribution in [3.05, 3.63) is 48.5 Å². The average Bonchev–Trinajstić information content (AvgIpc) is 3.12. The highest BCUT2D eigenvalue weighted by Crippen LogP contribution is 2.13. The smallest absolute Gasteiger partial charge is 0.224 e. The summed E-state index contributed by atoms with van der Waals surface area (Å²) in [4.78, 5) is 18.1. The summed E-state index contributed by atoms with van der Waals surface area (Å²) in [6, 6.07) is 10.4. The van der Waals surface area contributed by atoms with E-state index in [0.717, 1.165) is 12.8 Å².